The maximum atomic E-state index is 11.3. The zero-order valence-electron chi connectivity index (χ0n) is 17.7. The first kappa shape index (κ1) is 24.9. The summed E-state index contributed by atoms with van der Waals surface area (Å²) in [4.78, 5) is 20.7. The van der Waals surface area contributed by atoms with Gasteiger partial charge in [-0.15, -0.1) is 0 Å². The molecular weight excluding hydrogens is 532 g/mol. The van der Waals surface area contributed by atoms with Crippen LogP contribution in [-0.2, 0) is 6.61 Å². The first-order chi connectivity index (χ1) is 16.3. The number of non-ortho nitro benzene ring substituents is 1. The molecule has 0 aromatic heterocycles. The van der Waals surface area contributed by atoms with E-state index < -0.39 is 15.5 Å². The molecule has 0 bridgehead atoms. The minimum absolute atomic E-state index is 0.00985. The van der Waals surface area contributed by atoms with Gasteiger partial charge in [-0.25, -0.2) is 0 Å². The summed E-state index contributed by atoms with van der Waals surface area (Å²) >= 11 is 9.67. The van der Waals surface area contributed by atoms with Gasteiger partial charge in [-0.1, -0.05) is 29.8 Å². The largest absolute Gasteiger partial charge is 0.490 e. The Morgan fingerprint density at radius 1 is 1.09 bits per heavy atom. The third-order valence-corrected chi connectivity index (χ3v) is 5.41. The number of nitrogens with zero attached hydrogens (tertiary/aromatic N) is 3. The molecule has 3 aromatic carbocycles. The van der Waals surface area contributed by atoms with E-state index in [0.29, 0.717) is 33.2 Å². The van der Waals surface area contributed by atoms with Crippen molar-refractivity contribution < 1.29 is 19.3 Å². The second-order valence-corrected chi connectivity index (χ2v) is 7.99. The van der Waals surface area contributed by atoms with Gasteiger partial charge in [0.25, 0.3) is 5.69 Å². The Labute approximate surface area is 207 Å². The molecule has 0 saturated heterocycles. The standard InChI is InChI=1S/C22H18BrClN4O6/c1-2-33-21-10-14(9-17(23)22(21)34-13-15-5-3-4-6-18(15)24)12-25-26-19-8-7-16(27(29)30)11-20(19)28(31)32/h3-12,26H,2,13H2,1H3/b25-12-. The Bertz CT molecular complexity index is 1250. The van der Waals surface area contributed by atoms with Gasteiger partial charge in [0.15, 0.2) is 11.5 Å². The summed E-state index contributed by atoms with van der Waals surface area (Å²) < 4.78 is 12.3. The molecule has 0 fully saturated rings. The van der Waals surface area contributed by atoms with E-state index in [1.54, 1.807) is 18.2 Å². The van der Waals surface area contributed by atoms with Crippen LogP contribution < -0.4 is 14.9 Å². The monoisotopic (exact) mass is 548 g/mol. The van der Waals surface area contributed by atoms with Gasteiger partial charge in [-0.2, -0.15) is 5.10 Å². The van der Waals surface area contributed by atoms with Crippen LogP contribution in [0, 0.1) is 20.2 Å². The lowest BCUT2D eigenvalue weighted by Crippen LogP contribution is -2.02. The summed E-state index contributed by atoms with van der Waals surface area (Å²) in [6, 6.07) is 14.0. The highest BCUT2D eigenvalue weighted by atomic mass is 79.9. The van der Waals surface area contributed by atoms with E-state index in [1.807, 2.05) is 25.1 Å². The van der Waals surface area contributed by atoms with Gasteiger partial charge >= 0.3 is 5.69 Å². The SMILES string of the molecule is CCOc1cc(/C=N\Nc2ccc([N+](=O)[O-])cc2[N+](=O)[O-])cc(Br)c1OCc1ccccc1Cl. The predicted octanol–water partition coefficient (Wildman–Crippen LogP) is 6.34. The Hall–Kier alpha value is -3.70. The highest BCUT2D eigenvalue weighted by Gasteiger charge is 2.19. The van der Waals surface area contributed by atoms with Crippen molar-refractivity contribution in [2.24, 2.45) is 5.10 Å². The molecular formula is C22H18BrClN4O6. The lowest BCUT2D eigenvalue weighted by atomic mass is 10.2. The minimum atomic E-state index is -0.722. The zero-order valence-corrected chi connectivity index (χ0v) is 20.1. The molecule has 0 heterocycles. The number of nitro benzene ring substituents is 2. The molecule has 176 valence electrons. The Kier molecular flexibility index (Phi) is 8.39. The van der Waals surface area contributed by atoms with Gasteiger partial charge in [0, 0.05) is 16.7 Å². The van der Waals surface area contributed by atoms with Crippen molar-refractivity contribution in [2.45, 2.75) is 13.5 Å². The van der Waals surface area contributed by atoms with Gasteiger partial charge in [-0.3, -0.25) is 25.7 Å². The molecule has 0 spiro atoms. The summed E-state index contributed by atoms with van der Waals surface area (Å²) in [5.74, 6) is 0.949. The van der Waals surface area contributed by atoms with Crippen molar-refractivity contribution in [3.05, 3.63) is 95.4 Å². The number of nitrogens with one attached hydrogen (secondary N) is 1. The summed E-state index contributed by atoms with van der Waals surface area (Å²) in [5, 5.41) is 26.7. The van der Waals surface area contributed by atoms with Crippen molar-refractivity contribution >= 4 is 50.8 Å². The van der Waals surface area contributed by atoms with E-state index in [0.717, 1.165) is 17.7 Å². The summed E-state index contributed by atoms with van der Waals surface area (Å²) in [5.41, 5.74) is 3.13. The van der Waals surface area contributed by atoms with Gasteiger partial charge in [0.2, 0.25) is 0 Å². The summed E-state index contributed by atoms with van der Waals surface area (Å²) in [7, 11) is 0. The number of anilines is 1. The molecule has 0 atom stereocenters. The van der Waals surface area contributed by atoms with E-state index in [4.69, 9.17) is 21.1 Å². The number of benzene rings is 3. The molecule has 10 nitrogen and oxygen atoms in total. The molecule has 0 unspecified atom stereocenters. The number of halogens is 2. The smallest absolute Gasteiger partial charge is 0.301 e. The maximum Gasteiger partial charge on any atom is 0.301 e. The number of hydrazone groups is 1. The third kappa shape index (κ3) is 6.21. The van der Waals surface area contributed by atoms with Crippen LogP contribution in [0.15, 0.2) is 64.2 Å². The molecule has 0 aliphatic carbocycles. The minimum Gasteiger partial charge on any atom is -0.490 e. The van der Waals surface area contributed by atoms with E-state index in [2.05, 4.69) is 26.5 Å². The highest BCUT2D eigenvalue weighted by Crippen LogP contribution is 2.37. The van der Waals surface area contributed by atoms with Crippen molar-refractivity contribution in [1.29, 1.82) is 0 Å². The van der Waals surface area contributed by atoms with Crippen LogP contribution in [0.1, 0.15) is 18.1 Å². The average molecular weight is 550 g/mol. The van der Waals surface area contributed by atoms with Crippen molar-refractivity contribution in [3.8, 4) is 11.5 Å². The van der Waals surface area contributed by atoms with Crippen molar-refractivity contribution in [1.82, 2.24) is 0 Å². The molecule has 34 heavy (non-hydrogen) atoms. The Morgan fingerprint density at radius 2 is 1.85 bits per heavy atom. The van der Waals surface area contributed by atoms with Crippen LogP contribution in [-0.4, -0.2) is 22.7 Å². The molecule has 1 N–H and O–H groups in total. The molecule has 0 amide bonds. The van der Waals surface area contributed by atoms with Crippen LogP contribution >= 0.6 is 27.5 Å². The molecule has 12 heteroatoms. The molecule has 3 rings (SSSR count). The first-order valence-electron chi connectivity index (χ1n) is 9.84. The fourth-order valence-electron chi connectivity index (χ4n) is 2.89. The quantitative estimate of drug-likeness (QED) is 0.177. The Balaban J connectivity index is 1.81. The van der Waals surface area contributed by atoms with Gasteiger partial charge in [-0.05, 0) is 52.7 Å². The zero-order chi connectivity index (χ0) is 24.7. The first-order valence-corrected chi connectivity index (χ1v) is 11.0. The lowest BCUT2D eigenvalue weighted by Gasteiger charge is -2.15. The Morgan fingerprint density at radius 3 is 2.53 bits per heavy atom. The molecule has 3 aromatic rings. The van der Waals surface area contributed by atoms with Gasteiger partial charge in [0.05, 0.1) is 33.2 Å². The topological polar surface area (TPSA) is 129 Å². The number of nitro groups is 2. The summed E-state index contributed by atoms with van der Waals surface area (Å²) in [6.45, 7) is 2.46. The fourth-order valence-corrected chi connectivity index (χ4v) is 3.65. The van der Waals surface area contributed by atoms with Crippen molar-refractivity contribution in [3.63, 3.8) is 0 Å². The average Bonchev–Trinajstić information content (AvgIpc) is 2.79. The number of ether oxygens (including phenoxy) is 2. The van der Waals surface area contributed by atoms with Crippen LogP contribution in [0.4, 0.5) is 17.1 Å². The number of rotatable bonds is 10. The van der Waals surface area contributed by atoms with E-state index in [-0.39, 0.29) is 18.0 Å². The predicted molar refractivity (Wildman–Crippen MR) is 132 cm³/mol. The van der Waals surface area contributed by atoms with Crippen LogP contribution in [0.2, 0.25) is 5.02 Å². The molecule has 0 aliphatic heterocycles. The number of hydrogen-bond donors (Lipinski definition) is 1. The highest BCUT2D eigenvalue weighted by molar-refractivity contribution is 9.10. The number of hydrogen-bond acceptors (Lipinski definition) is 8. The molecule has 0 radical (unpaired) electrons. The summed E-state index contributed by atoms with van der Waals surface area (Å²) in [6.07, 6.45) is 1.43. The van der Waals surface area contributed by atoms with E-state index >= 15 is 0 Å². The molecule has 0 saturated carbocycles. The van der Waals surface area contributed by atoms with Crippen LogP contribution in [0.5, 0.6) is 11.5 Å². The van der Waals surface area contributed by atoms with E-state index in [9.17, 15) is 20.2 Å². The van der Waals surface area contributed by atoms with Gasteiger partial charge < -0.3 is 9.47 Å². The lowest BCUT2D eigenvalue weighted by molar-refractivity contribution is -0.393. The van der Waals surface area contributed by atoms with Crippen LogP contribution in [0.25, 0.3) is 0 Å². The fraction of sp³-hybridized carbons (Fsp3) is 0.136. The second kappa shape index (κ2) is 11.4. The molecule has 0 aliphatic rings. The maximum absolute atomic E-state index is 11.3. The van der Waals surface area contributed by atoms with Gasteiger partial charge in [0.1, 0.15) is 12.3 Å². The van der Waals surface area contributed by atoms with E-state index in [1.165, 1.54) is 12.3 Å². The normalized spacial score (nSPS) is 10.8. The van der Waals surface area contributed by atoms with Crippen molar-refractivity contribution in [2.75, 3.05) is 12.0 Å². The van der Waals surface area contributed by atoms with Crippen LogP contribution in [0.3, 0.4) is 0 Å². The third-order valence-electron chi connectivity index (χ3n) is 4.45. The second-order valence-electron chi connectivity index (χ2n) is 6.73.